The summed E-state index contributed by atoms with van der Waals surface area (Å²) >= 11 is 5.91. The fourth-order valence-corrected chi connectivity index (χ4v) is 3.60. The average Bonchev–Trinajstić information content (AvgIpc) is 2.99. The quantitative estimate of drug-likeness (QED) is 0.544. The highest BCUT2D eigenvalue weighted by Crippen LogP contribution is 2.34. The van der Waals surface area contributed by atoms with E-state index in [1.165, 1.54) is 12.0 Å². The third-order valence-electron chi connectivity index (χ3n) is 4.93. The number of amides is 1. The lowest BCUT2D eigenvalue weighted by Crippen LogP contribution is -2.40. The summed E-state index contributed by atoms with van der Waals surface area (Å²) in [6.45, 7) is 0.493. The normalized spacial score (nSPS) is 15.3. The zero-order valence-electron chi connectivity index (χ0n) is 16.8. The summed E-state index contributed by atoms with van der Waals surface area (Å²) in [5.41, 5.74) is 0.980. The van der Waals surface area contributed by atoms with E-state index >= 15 is 0 Å². The van der Waals surface area contributed by atoms with Gasteiger partial charge in [0.1, 0.15) is 23.9 Å². The van der Waals surface area contributed by atoms with Crippen LogP contribution in [-0.2, 0) is 9.53 Å². The minimum atomic E-state index is -0.906. The molecule has 1 atom stereocenters. The highest BCUT2D eigenvalue weighted by molar-refractivity contribution is 6.30. The van der Waals surface area contributed by atoms with Crippen LogP contribution in [0.15, 0.2) is 72.8 Å². The molecule has 0 aliphatic carbocycles. The second-order valence-corrected chi connectivity index (χ2v) is 7.33. The van der Waals surface area contributed by atoms with Gasteiger partial charge in [0.25, 0.3) is 5.91 Å². The van der Waals surface area contributed by atoms with Crippen molar-refractivity contribution in [3.63, 3.8) is 0 Å². The van der Waals surface area contributed by atoms with Gasteiger partial charge in [-0.3, -0.25) is 4.79 Å². The highest BCUT2D eigenvalue weighted by Gasteiger charge is 2.36. The Morgan fingerprint density at radius 2 is 1.77 bits per heavy atom. The first-order valence-corrected chi connectivity index (χ1v) is 10.1. The van der Waals surface area contributed by atoms with E-state index in [2.05, 4.69) is 0 Å². The standard InChI is InChI=1S/C24H20ClNO5/c1-29-24(28)22-20-7-2-3-8-21(20)30-14-13-26(22)23(27)16-5-4-6-19(15-16)31-18-11-9-17(25)10-12-18/h2-12,15,22H,13-14H2,1H3. The van der Waals surface area contributed by atoms with Crippen molar-refractivity contribution < 1.29 is 23.8 Å². The number of ether oxygens (including phenoxy) is 3. The van der Waals surface area contributed by atoms with E-state index in [-0.39, 0.29) is 19.1 Å². The number of fused-ring (bicyclic) bond motifs is 1. The number of carbonyl (C=O) groups excluding carboxylic acids is 2. The molecule has 0 N–H and O–H groups in total. The number of hydrogen-bond acceptors (Lipinski definition) is 5. The van der Waals surface area contributed by atoms with Crippen LogP contribution in [0.4, 0.5) is 0 Å². The lowest BCUT2D eigenvalue weighted by atomic mass is 10.0. The lowest BCUT2D eigenvalue weighted by Gasteiger charge is -2.28. The summed E-state index contributed by atoms with van der Waals surface area (Å²) in [5, 5.41) is 0.605. The monoisotopic (exact) mass is 437 g/mol. The maximum atomic E-state index is 13.4. The van der Waals surface area contributed by atoms with Crippen LogP contribution in [0, 0.1) is 0 Å². The molecule has 0 fully saturated rings. The van der Waals surface area contributed by atoms with Crippen LogP contribution in [0.25, 0.3) is 0 Å². The largest absolute Gasteiger partial charge is 0.491 e. The Kier molecular flexibility index (Phi) is 6.09. The van der Waals surface area contributed by atoms with Crippen molar-refractivity contribution in [1.82, 2.24) is 4.90 Å². The van der Waals surface area contributed by atoms with E-state index in [1.807, 2.05) is 6.07 Å². The highest BCUT2D eigenvalue weighted by atomic mass is 35.5. The van der Waals surface area contributed by atoms with Gasteiger partial charge in [0.05, 0.1) is 13.7 Å². The summed E-state index contributed by atoms with van der Waals surface area (Å²) in [6.07, 6.45) is 0. The summed E-state index contributed by atoms with van der Waals surface area (Å²) in [5.74, 6) is 0.804. The third kappa shape index (κ3) is 4.49. The molecular weight excluding hydrogens is 418 g/mol. The topological polar surface area (TPSA) is 65.1 Å². The van der Waals surface area contributed by atoms with E-state index in [4.69, 9.17) is 25.8 Å². The van der Waals surface area contributed by atoms with Gasteiger partial charge in [-0.15, -0.1) is 0 Å². The summed E-state index contributed by atoms with van der Waals surface area (Å²) in [7, 11) is 1.31. The van der Waals surface area contributed by atoms with Gasteiger partial charge >= 0.3 is 5.97 Å². The Balaban J connectivity index is 1.64. The molecule has 0 radical (unpaired) electrons. The Bertz CT molecular complexity index is 1100. The number of benzene rings is 3. The smallest absolute Gasteiger partial charge is 0.333 e. The number of nitrogens with zero attached hydrogens (tertiary/aromatic N) is 1. The van der Waals surface area contributed by atoms with Crippen molar-refractivity contribution in [3.8, 4) is 17.2 Å². The lowest BCUT2D eigenvalue weighted by molar-refractivity contribution is -0.146. The summed E-state index contributed by atoms with van der Waals surface area (Å²) < 4.78 is 16.6. The van der Waals surface area contributed by atoms with Crippen LogP contribution in [0.5, 0.6) is 17.2 Å². The van der Waals surface area contributed by atoms with E-state index in [1.54, 1.807) is 66.7 Å². The second kappa shape index (κ2) is 9.10. The van der Waals surface area contributed by atoms with Crippen LogP contribution in [0.1, 0.15) is 22.0 Å². The van der Waals surface area contributed by atoms with E-state index in [0.717, 1.165) is 0 Å². The summed E-state index contributed by atoms with van der Waals surface area (Å²) in [6, 6.07) is 20.0. The third-order valence-corrected chi connectivity index (χ3v) is 5.18. The van der Waals surface area contributed by atoms with Gasteiger partial charge in [-0.2, -0.15) is 0 Å². The molecule has 3 aromatic rings. The van der Waals surface area contributed by atoms with Gasteiger partial charge in [0, 0.05) is 16.1 Å². The van der Waals surface area contributed by atoms with Crippen molar-refractivity contribution in [3.05, 3.63) is 88.9 Å². The maximum Gasteiger partial charge on any atom is 0.333 e. The number of halogens is 1. The first kappa shape index (κ1) is 20.8. The van der Waals surface area contributed by atoms with Gasteiger partial charge < -0.3 is 19.1 Å². The Hall–Kier alpha value is -3.51. The van der Waals surface area contributed by atoms with E-state index < -0.39 is 12.0 Å². The van der Waals surface area contributed by atoms with Crippen LogP contribution < -0.4 is 9.47 Å². The zero-order chi connectivity index (χ0) is 21.8. The average molecular weight is 438 g/mol. The van der Waals surface area contributed by atoms with Gasteiger partial charge in [0.2, 0.25) is 0 Å². The number of hydrogen-bond donors (Lipinski definition) is 0. The molecule has 1 heterocycles. The van der Waals surface area contributed by atoms with Crippen LogP contribution in [0.3, 0.4) is 0 Å². The van der Waals surface area contributed by atoms with Crippen molar-refractivity contribution in [2.45, 2.75) is 6.04 Å². The minimum Gasteiger partial charge on any atom is -0.491 e. The number of esters is 1. The predicted octanol–water partition coefficient (Wildman–Crippen LogP) is 4.88. The number of para-hydroxylation sites is 1. The molecule has 3 aromatic carbocycles. The fourth-order valence-electron chi connectivity index (χ4n) is 3.47. The molecule has 1 amide bonds. The molecule has 0 spiro atoms. The molecule has 4 rings (SSSR count). The van der Waals surface area contributed by atoms with Gasteiger partial charge in [0.15, 0.2) is 6.04 Å². The zero-order valence-corrected chi connectivity index (χ0v) is 17.5. The molecule has 1 aliphatic rings. The van der Waals surface area contributed by atoms with Gasteiger partial charge in [-0.1, -0.05) is 35.9 Å². The van der Waals surface area contributed by atoms with Gasteiger partial charge in [-0.25, -0.2) is 4.79 Å². The molecule has 0 saturated carbocycles. The van der Waals surface area contributed by atoms with Crippen molar-refractivity contribution in [2.24, 2.45) is 0 Å². The molecule has 1 aliphatic heterocycles. The van der Waals surface area contributed by atoms with Crippen LogP contribution in [-0.4, -0.2) is 37.0 Å². The first-order valence-electron chi connectivity index (χ1n) is 9.71. The maximum absolute atomic E-state index is 13.4. The minimum absolute atomic E-state index is 0.232. The second-order valence-electron chi connectivity index (χ2n) is 6.89. The van der Waals surface area contributed by atoms with Crippen molar-refractivity contribution in [1.29, 1.82) is 0 Å². The molecule has 31 heavy (non-hydrogen) atoms. The van der Waals surface area contributed by atoms with Gasteiger partial charge in [-0.05, 0) is 48.5 Å². The van der Waals surface area contributed by atoms with Crippen LogP contribution >= 0.6 is 11.6 Å². The molecular formula is C24H20ClNO5. The Labute approximate surface area is 184 Å². The van der Waals surface area contributed by atoms with Crippen molar-refractivity contribution in [2.75, 3.05) is 20.3 Å². The fraction of sp³-hybridized carbons (Fsp3) is 0.167. The molecule has 0 bridgehead atoms. The van der Waals surface area contributed by atoms with E-state index in [0.29, 0.717) is 33.4 Å². The van der Waals surface area contributed by atoms with E-state index in [9.17, 15) is 9.59 Å². The molecule has 6 nitrogen and oxygen atoms in total. The number of carbonyl (C=O) groups is 2. The molecule has 7 heteroatoms. The Morgan fingerprint density at radius 1 is 1.00 bits per heavy atom. The molecule has 1 unspecified atom stereocenters. The molecule has 0 saturated heterocycles. The SMILES string of the molecule is COC(=O)C1c2ccccc2OCCN1C(=O)c1cccc(Oc2ccc(Cl)cc2)c1. The molecule has 0 aromatic heterocycles. The summed E-state index contributed by atoms with van der Waals surface area (Å²) in [4.78, 5) is 27.6. The predicted molar refractivity (Wildman–Crippen MR) is 116 cm³/mol. The number of methoxy groups -OCH3 is 1. The Morgan fingerprint density at radius 3 is 2.55 bits per heavy atom. The molecule has 158 valence electrons. The van der Waals surface area contributed by atoms with Crippen LogP contribution in [0.2, 0.25) is 5.02 Å². The van der Waals surface area contributed by atoms with Crippen molar-refractivity contribution >= 4 is 23.5 Å². The first-order chi connectivity index (χ1) is 15.1. The number of rotatable bonds is 4.